The van der Waals surface area contributed by atoms with Gasteiger partial charge < -0.3 is 31.9 Å². The molecule has 0 radical (unpaired) electrons. The Labute approximate surface area is 215 Å². The van der Waals surface area contributed by atoms with Crippen molar-refractivity contribution in [2.75, 3.05) is 12.0 Å². The van der Waals surface area contributed by atoms with Crippen molar-refractivity contribution >= 4 is 41.4 Å². The van der Waals surface area contributed by atoms with Crippen molar-refractivity contribution in [1.82, 2.24) is 16.0 Å². The van der Waals surface area contributed by atoms with Crippen molar-refractivity contribution < 1.29 is 34.2 Å². The molecular weight excluding hydrogens is 488 g/mol. The van der Waals surface area contributed by atoms with Crippen LogP contribution in [0, 0.1) is 5.92 Å². The Morgan fingerprint density at radius 2 is 1.47 bits per heavy atom. The van der Waals surface area contributed by atoms with Crippen LogP contribution in [0.3, 0.4) is 0 Å². The highest BCUT2D eigenvalue weighted by atomic mass is 32.2. The summed E-state index contributed by atoms with van der Waals surface area (Å²) in [5.74, 6) is -4.62. The Morgan fingerprint density at radius 3 is 2.00 bits per heavy atom. The Balaban J connectivity index is 3.11. The number of nitrogens with one attached hydrogen (secondary N) is 3. The molecule has 0 bridgehead atoms. The third kappa shape index (κ3) is 10.6. The van der Waals surface area contributed by atoms with Crippen LogP contribution in [0.4, 0.5) is 0 Å². The number of aliphatic carboxylic acids is 2. The lowest BCUT2D eigenvalue weighted by molar-refractivity contribution is -0.143. The zero-order valence-electron chi connectivity index (χ0n) is 20.7. The van der Waals surface area contributed by atoms with Crippen LogP contribution in [-0.4, -0.2) is 76.0 Å². The number of thioether (sulfide) groups is 1. The Bertz CT molecular complexity index is 900. The number of rotatable bonds is 16. The first-order valence-electron chi connectivity index (χ1n) is 11.6. The number of nitrogens with two attached hydrogens (primary N) is 1. The number of carboxylic acid groups (broad SMARTS) is 2. The van der Waals surface area contributed by atoms with Crippen LogP contribution < -0.4 is 21.7 Å². The minimum absolute atomic E-state index is 0.0680. The second-order valence-electron chi connectivity index (χ2n) is 8.50. The second-order valence-corrected chi connectivity index (χ2v) is 9.49. The summed E-state index contributed by atoms with van der Waals surface area (Å²) in [6.07, 6.45) is 1.84. The van der Waals surface area contributed by atoms with Gasteiger partial charge in [-0.2, -0.15) is 11.8 Å². The van der Waals surface area contributed by atoms with E-state index < -0.39 is 60.2 Å². The minimum atomic E-state index is -1.55. The van der Waals surface area contributed by atoms with E-state index in [0.29, 0.717) is 12.2 Å². The van der Waals surface area contributed by atoms with Gasteiger partial charge in [0.2, 0.25) is 17.7 Å². The Kier molecular flexibility index (Phi) is 13.6. The molecule has 12 heteroatoms. The van der Waals surface area contributed by atoms with Crippen LogP contribution in [-0.2, 0) is 30.4 Å². The molecule has 36 heavy (non-hydrogen) atoms. The van der Waals surface area contributed by atoms with Gasteiger partial charge in [-0.05, 0) is 29.9 Å². The van der Waals surface area contributed by atoms with Gasteiger partial charge in [-0.15, -0.1) is 0 Å². The molecule has 0 saturated carbocycles. The fraction of sp³-hybridized carbons (Fsp3) is 0.542. The monoisotopic (exact) mass is 524 g/mol. The van der Waals surface area contributed by atoms with Crippen molar-refractivity contribution in [3.63, 3.8) is 0 Å². The van der Waals surface area contributed by atoms with Gasteiger partial charge in [-0.25, -0.2) is 4.79 Å². The molecule has 5 atom stereocenters. The van der Waals surface area contributed by atoms with Crippen LogP contribution in [0.25, 0.3) is 0 Å². The van der Waals surface area contributed by atoms with E-state index >= 15 is 0 Å². The summed E-state index contributed by atoms with van der Waals surface area (Å²) < 4.78 is 0. The maximum absolute atomic E-state index is 13.2. The summed E-state index contributed by atoms with van der Waals surface area (Å²) in [7, 11) is 0. The molecule has 0 spiro atoms. The lowest BCUT2D eigenvalue weighted by atomic mass is 9.98. The summed E-state index contributed by atoms with van der Waals surface area (Å²) in [5, 5.41) is 25.9. The van der Waals surface area contributed by atoms with E-state index in [-0.39, 0.29) is 18.8 Å². The zero-order valence-corrected chi connectivity index (χ0v) is 21.5. The van der Waals surface area contributed by atoms with E-state index in [0.717, 1.165) is 5.56 Å². The summed E-state index contributed by atoms with van der Waals surface area (Å²) in [6, 6.07) is 4.02. The van der Waals surface area contributed by atoms with Gasteiger partial charge in [0.15, 0.2) is 0 Å². The topological polar surface area (TPSA) is 188 Å². The minimum Gasteiger partial charge on any atom is -0.481 e. The lowest BCUT2D eigenvalue weighted by Crippen LogP contribution is -2.58. The predicted octanol–water partition coefficient (Wildman–Crippen LogP) is 0.369. The molecule has 1 aromatic carbocycles. The van der Waals surface area contributed by atoms with Crippen LogP contribution in [0.2, 0.25) is 0 Å². The maximum atomic E-state index is 13.2. The van der Waals surface area contributed by atoms with E-state index in [2.05, 4.69) is 16.0 Å². The highest BCUT2D eigenvalue weighted by molar-refractivity contribution is 7.98. The summed E-state index contributed by atoms with van der Waals surface area (Å²) in [6.45, 7) is 3.68. The van der Waals surface area contributed by atoms with Crippen LogP contribution in [0.15, 0.2) is 30.3 Å². The maximum Gasteiger partial charge on any atom is 0.326 e. The highest BCUT2D eigenvalue weighted by Gasteiger charge is 2.32. The SMILES string of the molecule is CCC(C)C(N)C(=O)NC(Cc1ccccc1)C(=O)NC(CC(=O)O)C(=O)NC(CCSC)C(=O)O. The molecule has 1 rings (SSSR count). The number of amides is 3. The largest absolute Gasteiger partial charge is 0.481 e. The van der Waals surface area contributed by atoms with Gasteiger partial charge >= 0.3 is 11.9 Å². The quantitative estimate of drug-likeness (QED) is 0.177. The van der Waals surface area contributed by atoms with E-state index in [1.54, 1.807) is 43.5 Å². The lowest BCUT2D eigenvalue weighted by Gasteiger charge is -2.25. The average molecular weight is 525 g/mol. The first-order chi connectivity index (χ1) is 17.0. The van der Waals surface area contributed by atoms with Crippen molar-refractivity contribution in [3.8, 4) is 0 Å². The van der Waals surface area contributed by atoms with Crippen molar-refractivity contribution in [1.29, 1.82) is 0 Å². The third-order valence-electron chi connectivity index (χ3n) is 5.71. The standard InChI is InChI=1S/C24H36N4O7S/c1-4-14(2)20(25)23(33)28-17(12-15-8-6-5-7-9-15)21(31)27-18(13-19(29)30)22(32)26-16(24(34)35)10-11-36-3/h5-9,14,16-18,20H,4,10-13,25H2,1-3H3,(H,26,32)(H,27,31)(H,28,33)(H,29,30)(H,34,35). The van der Waals surface area contributed by atoms with E-state index in [9.17, 15) is 34.2 Å². The van der Waals surface area contributed by atoms with Crippen molar-refractivity contribution in [2.45, 2.75) is 63.7 Å². The molecule has 3 amide bonds. The predicted molar refractivity (Wildman–Crippen MR) is 136 cm³/mol. The molecule has 0 fully saturated rings. The van der Waals surface area contributed by atoms with Gasteiger partial charge in [-0.1, -0.05) is 50.6 Å². The summed E-state index contributed by atoms with van der Waals surface area (Å²) in [5.41, 5.74) is 6.73. The van der Waals surface area contributed by atoms with Crippen molar-refractivity contribution in [2.24, 2.45) is 11.7 Å². The molecule has 200 valence electrons. The third-order valence-corrected chi connectivity index (χ3v) is 6.36. The number of carbonyl (C=O) groups is 5. The van der Waals surface area contributed by atoms with Crippen LogP contribution in [0.5, 0.6) is 0 Å². The molecule has 5 unspecified atom stereocenters. The normalized spacial score (nSPS) is 15.0. The number of carboxylic acids is 2. The van der Waals surface area contributed by atoms with E-state index in [1.165, 1.54) is 11.8 Å². The van der Waals surface area contributed by atoms with Gasteiger partial charge in [-0.3, -0.25) is 19.2 Å². The molecule has 0 aliphatic heterocycles. The number of hydrogen-bond acceptors (Lipinski definition) is 7. The highest BCUT2D eigenvalue weighted by Crippen LogP contribution is 2.09. The summed E-state index contributed by atoms with van der Waals surface area (Å²) >= 11 is 1.39. The molecule has 0 aromatic heterocycles. The molecule has 1 aromatic rings. The van der Waals surface area contributed by atoms with Gasteiger partial charge in [0, 0.05) is 6.42 Å². The first kappa shape index (κ1) is 30.9. The molecule has 7 N–H and O–H groups in total. The number of carbonyl (C=O) groups excluding carboxylic acids is 3. The molecule has 11 nitrogen and oxygen atoms in total. The first-order valence-corrected chi connectivity index (χ1v) is 13.0. The number of benzene rings is 1. The average Bonchev–Trinajstić information content (AvgIpc) is 2.84. The molecule has 0 aliphatic rings. The zero-order chi connectivity index (χ0) is 27.3. The smallest absolute Gasteiger partial charge is 0.326 e. The molecule has 0 saturated heterocycles. The number of hydrogen-bond donors (Lipinski definition) is 6. The summed E-state index contributed by atoms with van der Waals surface area (Å²) in [4.78, 5) is 61.5. The molecular formula is C24H36N4O7S. The van der Waals surface area contributed by atoms with Gasteiger partial charge in [0.05, 0.1) is 12.5 Å². The van der Waals surface area contributed by atoms with Gasteiger partial charge in [0.1, 0.15) is 18.1 Å². The molecule has 0 aliphatic carbocycles. The van der Waals surface area contributed by atoms with E-state index in [1.807, 2.05) is 6.92 Å². The Morgan fingerprint density at radius 1 is 0.917 bits per heavy atom. The van der Waals surface area contributed by atoms with Crippen molar-refractivity contribution in [3.05, 3.63) is 35.9 Å². The van der Waals surface area contributed by atoms with Crippen LogP contribution in [0.1, 0.15) is 38.7 Å². The van der Waals surface area contributed by atoms with Gasteiger partial charge in [0.25, 0.3) is 0 Å². The van der Waals surface area contributed by atoms with E-state index in [4.69, 9.17) is 5.73 Å². The fourth-order valence-corrected chi connectivity index (χ4v) is 3.73. The fourth-order valence-electron chi connectivity index (χ4n) is 3.26. The Hall–Kier alpha value is -3.12. The van der Waals surface area contributed by atoms with Crippen LogP contribution >= 0.6 is 11.8 Å². The molecule has 0 heterocycles. The second kappa shape index (κ2) is 15.8.